The van der Waals surface area contributed by atoms with Gasteiger partial charge in [-0.3, -0.25) is 9.59 Å². The van der Waals surface area contributed by atoms with Crippen molar-refractivity contribution >= 4 is 17.5 Å². The van der Waals surface area contributed by atoms with Crippen molar-refractivity contribution in [1.29, 1.82) is 0 Å². The molecule has 1 fully saturated rings. The predicted octanol–water partition coefficient (Wildman–Crippen LogP) is 1.94. The number of amides is 2. The van der Waals surface area contributed by atoms with Gasteiger partial charge in [-0.25, -0.2) is 4.39 Å². The number of hydrogen-bond acceptors (Lipinski definition) is 2. The second-order valence-corrected chi connectivity index (χ2v) is 5.25. The summed E-state index contributed by atoms with van der Waals surface area (Å²) in [5.41, 5.74) is -0.218. The minimum absolute atomic E-state index is 0.110. The van der Waals surface area contributed by atoms with Gasteiger partial charge in [0.15, 0.2) is 0 Å². The molecule has 0 saturated carbocycles. The van der Waals surface area contributed by atoms with Crippen molar-refractivity contribution in [2.45, 2.75) is 20.3 Å². The van der Waals surface area contributed by atoms with E-state index in [2.05, 4.69) is 5.32 Å². The molecular weight excluding hydrogens is 247 g/mol. The number of hydrogen-bond donors (Lipinski definition) is 1. The monoisotopic (exact) mass is 264 g/mol. The molecule has 1 aliphatic heterocycles. The number of carbonyl (C=O) groups is 2. The number of benzene rings is 1. The van der Waals surface area contributed by atoms with Gasteiger partial charge in [-0.2, -0.15) is 0 Å². The number of anilines is 1. The van der Waals surface area contributed by atoms with Crippen LogP contribution in [-0.2, 0) is 9.59 Å². The first-order chi connectivity index (χ1) is 8.84. The van der Waals surface area contributed by atoms with Gasteiger partial charge in [0.25, 0.3) is 0 Å². The number of likely N-dealkylation sites (tertiary alicyclic amines) is 1. The smallest absolute Gasteiger partial charge is 0.239 e. The van der Waals surface area contributed by atoms with Gasteiger partial charge in [0, 0.05) is 13.6 Å². The lowest BCUT2D eigenvalue weighted by molar-refractivity contribution is -0.141. The van der Waals surface area contributed by atoms with E-state index < -0.39 is 17.1 Å². The summed E-state index contributed by atoms with van der Waals surface area (Å²) in [7, 11) is 1.66. The Morgan fingerprint density at radius 1 is 1.47 bits per heavy atom. The van der Waals surface area contributed by atoms with Crippen molar-refractivity contribution in [3.8, 4) is 0 Å². The van der Waals surface area contributed by atoms with Crippen LogP contribution in [0.3, 0.4) is 0 Å². The standard InChI is InChI=1S/C14H17FN2O2/c1-9-4-5-11(10(15)8-9)16-12(18)14(2)6-7-17(3)13(14)19/h4-5,8H,6-7H2,1-3H3,(H,16,18). The van der Waals surface area contributed by atoms with Crippen LogP contribution in [0.4, 0.5) is 10.1 Å². The normalized spacial score (nSPS) is 22.7. The highest BCUT2D eigenvalue weighted by Crippen LogP contribution is 2.32. The van der Waals surface area contributed by atoms with Crippen LogP contribution in [0.15, 0.2) is 18.2 Å². The molecule has 0 spiro atoms. The molecule has 0 bridgehead atoms. The lowest BCUT2D eigenvalue weighted by Crippen LogP contribution is -2.40. The van der Waals surface area contributed by atoms with Gasteiger partial charge in [-0.1, -0.05) is 6.07 Å². The quantitative estimate of drug-likeness (QED) is 0.830. The molecule has 1 aromatic carbocycles. The van der Waals surface area contributed by atoms with E-state index >= 15 is 0 Å². The minimum Gasteiger partial charge on any atom is -0.345 e. The zero-order chi connectivity index (χ0) is 14.2. The topological polar surface area (TPSA) is 49.4 Å². The highest BCUT2D eigenvalue weighted by atomic mass is 19.1. The molecule has 1 N–H and O–H groups in total. The lowest BCUT2D eigenvalue weighted by atomic mass is 9.87. The lowest BCUT2D eigenvalue weighted by Gasteiger charge is -2.21. The Hall–Kier alpha value is -1.91. The number of nitrogens with zero attached hydrogens (tertiary/aromatic N) is 1. The zero-order valence-corrected chi connectivity index (χ0v) is 11.3. The Bertz CT molecular complexity index is 544. The van der Waals surface area contributed by atoms with Crippen LogP contribution >= 0.6 is 0 Å². The predicted molar refractivity (Wildman–Crippen MR) is 70.1 cm³/mol. The third-order valence-electron chi connectivity index (χ3n) is 3.64. The Balaban J connectivity index is 2.20. The number of nitrogens with one attached hydrogen (secondary N) is 1. The number of aryl methyl sites for hydroxylation is 1. The third kappa shape index (κ3) is 2.32. The summed E-state index contributed by atoms with van der Waals surface area (Å²) in [4.78, 5) is 25.7. The highest BCUT2D eigenvalue weighted by Gasteiger charge is 2.47. The Labute approximate surface area is 111 Å². The fourth-order valence-electron chi connectivity index (χ4n) is 2.21. The summed E-state index contributed by atoms with van der Waals surface area (Å²) in [6, 6.07) is 4.57. The fourth-order valence-corrected chi connectivity index (χ4v) is 2.21. The Morgan fingerprint density at radius 3 is 2.68 bits per heavy atom. The first kappa shape index (κ1) is 13.5. The first-order valence-corrected chi connectivity index (χ1v) is 6.18. The second kappa shape index (κ2) is 4.64. The molecule has 1 atom stereocenters. The molecule has 1 heterocycles. The van der Waals surface area contributed by atoms with Crippen molar-refractivity contribution in [2.75, 3.05) is 18.9 Å². The number of carbonyl (C=O) groups excluding carboxylic acids is 2. The van der Waals surface area contributed by atoms with Crippen LogP contribution in [-0.4, -0.2) is 30.3 Å². The van der Waals surface area contributed by atoms with Gasteiger partial charge in [0.2, 0.25) is 11.8 Å². The molecule has 0 aliphatic carbocycles. The minimum atomic E-state index is -1.11. The van der Waals surface area contributed by atoms with Crippen molar-refractivity contribution in [1.82, 2.24) is 4.90 Å². The molecule has 1 aliphatic rings. The van der Waals surface area contributed by atoms with E-state index in [0.29, 0.717) is 13.0 Å². The summed E-state index contributed by atoms with van der Waals surface area (Å²) < 4.78 is 13.7. The SMILES string of the molecule is Cc1ccc(NC(=O)C2(C)CCN(C)C2=O)c(F)c1. The van der Waals surface area contributed by atoms with Gasteiger partial charge >= 0.3 is 0 Å². The largest absolute Gasteiger partial charge is 0.345 e. The molecule has 4 nitrogen and oxygen atoms in total. The van der Waals surface area contributed by atoms with Gasteiger partial charge < -0.3 is 10.2 Å². The van der Waals surface area contributed by atoms with Crippen molar-refractivity contribution in [3.63, 3.8) is 0 Å². The Morgan fingerprint density at radius 2 is 2.16 bits per heavy atom. The molecule has 102 valence electrons. The van der Waals surface area contributed by atoms with Gasteiger partial charge in [-0.15, -0.1) is 0 Å². The number of halogens is 1. The van der Waals surface area contributed by atoms with E-state index in [-0.39, 0.29) is 11.6 Å². The third-order valence-corrected chi connectivity index (χ3v) is 3.64. The maximum atomic E-state index is 13.7. The zero-order valence-electron chi connectivity index (χ0n) is 11.3. The molecule has 2 amide bonds. The maximum absolute atomic E-state index is 13.7. The summed E-state index contributed by atoms with van der Waals surface area (Å²) in [6.07, 6.45) is 0.446. The molecule has 19 heavy (non-hydrogen) atoms. The van der Waals surface area contributed by atoms with Crippen molar-refractivity contribution in [3.05, 3.63) is 29.6 Å². The molecular formula is C14H17FN2O2. The van der Waals surface area contributed by atoms with Gasteiger partial charge in [0.1, 0.15) is 11.2 Å². The average Bonchev–Trinajstić information content (AvgIpc) is 2.62. The fraction of sp³-hybridized carbons (Fsp3) is 0.429. The van der Waals surface area contributed by atoms with Crippen LogP contribution in [0.1, 0.15) is 18.9 Å². The van der Waals surface area contributed by atoms with Crippen LogP contribution in [0, 0.1) is 18.2 Å². The van der Waals surface area contributed by atoms with E-state index in [1.54, 1.807) is 27.0 Å². The van der Waals surface area contributed by atoms with E-state index in [4.69, 9.17) is 0 Å². The van der Waals surface area contributed by atoms with E-state index in [0.717, 1.165) is 5.56 Å². The van der Waals surface area contributed by atoms with E-state index in [1.807, 2.05) is 0 Å². The average molecular weight is 264 g/mol. The molecule has 2 rings (SSSR count). The van der Waals surface area contributed by atoms with E-state index in [1.165, 1.54) is 17.0 Å². The van der Waals surface area contributed by atoms with E-state index in [9.17, 15) is 14.0 Å². The van der Waals surface area contributed by atoms with Gasteiger partial charge in [0.05, 0.1) is 5.69 Å². The maximum Gasteiger partial charge on any atom is 0.239 e. The Kier molecular flexibility index (Phi) is 3.30. The van der Waals surface area contributed by atoms with Crippen LogP contribution in [0.25, 0.3) is 0 Å². The molecule has 5 heteroatoms. The molecule has 0 aromatic heterocycles. The van der Waals surface area contributed by atoms with Gasteiger partial charge in [-0.05, 0) is 38.0 Å². The molecule has 1 saturated heterocycles. The van der Waals surface area contributed by atoms with Crippen molar-refractivity contribution < 1.29 is 14.0 Å². The number of rotatable bonds is 2. The molecule has 0 radical (unpaired) electrons. The van der Waals surface area contributed by atoms with Crippen molar-refractivity contribution in [2.24, 2.45) is 5.41 Å². The second-order valence-electron chi connectivity index (χ2n) is 5.25. The molecule has 1 aromatic rings. The highest BCUT2D eigenvalue weighted by molar-refractivity contribution is 6.11. The molecule has 1 unspecified atom stereocenters. The van der Waals surface area contributed by atoms with Crippen LogP contribution in [0.2, 0.25) is 0 Å². The first-order valence-electron chi connectivity index (χ1n) is 6.18. The summed E-state index contributed by atoms with van der Waals surface area (Å²) >= 11 is 0. The summed E-state index contributed by atoms with van der Waals surface area (Å²) in [5.74, 6) is -1.17. The van der Waals surface area contributed by atoms with Crippen LogP contribution in [0.5, 0.6) is 0 Å². The van der Waals surface area contributed by atoms with Crippen LogP contribution < -0.4 is 5.32 Å². The summed E-state index contributed by atoms with van der Waals surface area (Å²) in [6.45, 7) is 3.91. The summed E-state index contributed by atoms with van der Waals surface area (Å²) in [5, 5.41) is 2.51.